The Balaban J connectivity index is 2.40. The van der Waals surface area contributed by atoms with E-state index < -0.39 is 35.3 Å². The molecule has 3 atom stereocenters. The van der Waals surface area contributed by atoms with Crippen molar-refractivity contribution in [2.75, 3.05) is 6.61 Å². The lowest BCUT2D eigenvalue weighted by Crippen LogP contribution is -2.37. The number of aromatic amines is 1. The van der Waals surface area contributed by atoms with Gasteiger partial charge >= 0.3 is 5.69 Å². The first kappa shape index (κ1) is 12.3. The monoisotopic (exact) mass is 264 g/mol. The van der Waals surface area contributed by atoms with E-state index in [2.05, 4.69) is 0 Å². The van der Waals surface area contributed by atoms with Crippen LogP contribution in [0.3, 0.4) is 0 Å². The standard InChI is InChI=1S/C9H10ClFN2O4/c10-9(11)3-5(4-14)17-7(9)13-2-1-6(15)12-8(13)16/h1-2,5,7,14H,3-4H2,(H,12,15,16). The molecule has 1 saturated heterocycles. The number of halogens is 2. The fourth-order valence-corrected chi connectivity index (χ4v) is 2.05. The van der Waals surface area contributed by atoms with Crippen LogP contribution in [0, 0.1) is 0 Å². The van der Waals surface area contributed by atoms with E-state index in [-0.39, 0.29) is 6.42 Å². The normalized spacial score (nSPS) is 32.9. The molecule has 1 aromatic heterocycles. The predicted molar refractivity (Wildman–Crippen MR) is 56.6 cm³/mol. The van der Waals surface area contributed by atoms with Crippen molar-refractivity contribution in [3.8, 4) is 0 Å². The minimum absolute atomic E-state index is 0.235. The molecule has 17 heavy (non-hydrogen) atoms. The van der Waals surface area contributed by atoms with Gasteiger partial charge in [-0.3, -0.25) is 14.3 Å². The van der Waals surface area contributed by atoms with Crippen molar-refractivity contribution in [2.24, 2.45) is 0 Å². The fourth-order valence-electron chi connectivity index (χ4n) is 1.72. The van der Waals surface area contributed by atoms with Gasteiger partial charge in [0.05, 0.1) is 12.7 Å². The third kappa shape index (κ3) is 2.26. The molecule has 0 bridgehead atoms. The molecule has 1 fully saturated rings. The maximum atomic E-state index is 14.0. The van der Waals surface area contributed by atoms with Crippen molar-refractivity contribution in [3.05, 3.63) is 33.1 Å². The maximum Gasteiger partial charge on any atom is 0.330 e. The summed E-state index contributed by atoms with van der Waals surface area (Å²) in [5, 5.41) is 6.58. The SMILES string of the molecule is O=c1ccn(C2OC(CO)CC2(F)Cl)c(=O)[nH]1. The Kier molecular flexibility index (Phi) is 3.07. The molecule has 6 nitrogen and oxygen atoms in total. The largest absolute Gasteiger partial charge is 0.394 e. The number of ether oxygens (including phenoxy) is 1. The minimum atomic E-state index is -2.30. The average molecular weight is 265 g/mol. The van der Waals surface area contributed by atoms with E-state index in [1.807, 2.05) is 4.98 Å². The summed E-state index contributed by atoms with van der Waals surface area (Å²) < 4.78 is 19.9. The summed E-state index contributed by atoms with van der Waals surface area (Å²) in [5.41, 5.74) is -1.41. The lowest BCUT2D eigenvalue weighted by atomic mass is 10.2. The number of aliphatic hydroxyl groups excluding tert-OH is 1. The highest BCUT2D eigenvalue weighted by molar-refractivity contribution is 6.23. The lowest BCUT2D eigenvalue weighted by Gasteiger charge is -2.20. The third-order valence-corrected chi connectivity index (χ3v) is 2.83. The molecule has 0 spiro atoms. The minimum Gasteiger partial charge on any atom is -0.394 e. The van der Waals surface area contributed by atoms with Gasteiger partial charge in [0.15, 0.2) is 6.23 Å². The van der Waals surface area contributed by atoms with Crippen molar-refractivity contribution in [1.82, 2.24) is 9.55 Å². The summed E-state index contributed by atoms with van der Waals surface area (Å²) >= 11 is 5.60. The van der Waals surface area contributed by atoms with E-state index in [9.17, 15) is 14.0 Å². The number of alkyl halides is 2. The predicted octanol–water partition coefficient (Wildman–Crippen LogP) is -0.279. The molecule has 8 heteroatoms. The molecule has 2 rings (SSSR count). The first-order valence-electron chi connectivity index (χ1n) is 4.89. The van der Waals surface area contributed by atoms with Crippen molar-refractivity contribution in [2.45, 2.75) is 23.9 Å². The Bertz CT molecular complexity index is 526. The van der Waals surface area contributed by atoms with Crippen molar-refractivity contribution in [1.29, 1.82) is 0 Å². The van der Waals surface area contributed by atoms with Crippen LogP contribution in [-0.4, -0.2) is 32.5 Å². The van der Waals surface area contributed by atoms with Crippen LogP contribution in [0.15, 0.2) is 21.9 Å². The second kappa shape index (κ2) is 4.25. The summed E-state index contributed by atoms with van der Waals surface area (Å²) in [6, 6.07) is 1.06. The Morgan fingerprint density at radius 2 is 2.41 bits per heavy atom. The van der Waals surface area contributed by atoms with Gasteiger partial charge < -0.3 is 9.84 Å². The van der Waals surface area contributed by atoms with Gasteiger partial charge in [0.2, 0.25) is 5.13 Å². The Hall–Kier alpha value is -1.18. The van der Waals surface area contributed by atoms with Gasteiger partial charge in [-0.1, -0.05) is 11.6 Å². The highest BCUT2D eigenvalue weighted by Gasteiger charge is 2.49. The number of nitrogens with zero attached hydrogens (tertiary/aromatic N) is 1. The van der Waals surface area contributed by atoms with E-state index in [0.717, 1.165) is 16.8 Å². The second-order valence-corrected chi connectivity index (χ2v) is 4.40. The van der Waals surface area contributed by atoms with Crippen LogP contribution in [0.5, 0.6) is 0 Å². The molecule has 0 aliphatic carbocycles. The molecule has 0 saturated carbocycles. The number of H-pyrrole nitrogens is 1. The zero-order chi connectivity index (χ0) is 12.6. The Labute approximate surface area is 99.6 Å². The van der Waals surface area contributed by atoms with Crippen LogP contribution >= 0.6 is 11.6 Å². The van der Waals surface area contributed by atoms with E-state index in [1.54, 1.807) is 0 Å². The van der Waals surface area contributed by atoms with Gasteiger partial charge in [-0.05, 0) is 0 Å². The Morgan fingerprint density at radius 3 is 2.94 bits per heavy atom. The zero-order valence-corrected chi connectivity index (χ0v) is 9.35. The van der Waals surface area contributed by atoms with E-state index in [4.69, 9.17) is 21.4 Å². The Morgan fingerprint density at radius 1 is 1.71 bits per heavy atom. The third-order valence-electron chi connectivity index (χ3n) is 2.49. The van der Waals surface area contributed by atoms with Gasteiger partial charge in [0.1, 0.15) is 0 Å². The topological polar surface area (TPSA) is 84.3 Å². The van der Waals surface area contributed by atoms with Crippen LogP contribution < -0.4 is 11.2 Å². The molecule has 0 radical (unpaired) electrons. The number of nitrogens with one attached hydrogen (secondary N) is 1. The number of hydrogen-bond donors (Lipinski definition) is 2. The molecule has 1 aliphatic heterocycles. The van der Waals surface area contributed by atoms with Gasteiger partial charge in [0.25, 0.3) is 5.56 Å². The van der Waals surface area contributed by atoms with Crippen LogP contribution in [0.2, 0.25) is 0 Å². The van der Waals surface area contributed by atoms with Gasteiger partial charge in [-0.15, -0.1) is 0 Å². The van der Waals surface area contributed by atoms with Gasteiger partial charge in [0, 0.05) is 18.7 Å². The maximum absolute atomic E-state index is 14.0. The molecular weight excluding hydrogens is 255 g/mol. The smallest absolute Gasteiger partial charge is 0.330 e. The molecule has 0 aromatic carbocycles. The highest BCUT2D eigenvalue weighted by atomic mass is 35.5. The van der Waals surface area contributed by atoms with E-state index in [0.29, 0.717) is 0 Å². The highest BCUT2D eigenvalue weighted by Crippen LogP contribution is 2.43. The summed E-state index contributed by atoms with van der Waals surface area (Å²) in [4.78, 5) is 24.3. The molecular formula is C9H10ClFN2O4. The van der Waals surface area contributed by atoms with Crippen LogP contribution in [0.4, 0.5) is 4.39 Å². The molecule has 1 aromatic rings. The quantitative estimate of drug-likeness (QED) is 0.720. The van der Waals surface area contributed by atoms with E-state index >= 15 is 0 Å². The van der Waals surface area contributed by atoms with Crippen LogP contribution in [0.1, 0.15) is 12.6 Å². The summed E-state index contributed by atoms with van der Waals surface area (Å²) in [6.07, 6.45) is -1.28. The summed E-state index contributed by atoms with van der Waals surface area (Å²) in [7, 11) is 0. The lowest BCUT2D eigenvalue weighted by molar-refractivity contribution is -0.0467. The molecule has 2 heterocycles. The molecule has 2 N–H and O–H groups in total. The van der Waals surface area contributed by atoms with Crippen molar-refractivity contribution < 1.29 is 14.2 Å². The van der Waals surface area contributed by atoms with Crippen LogP contribution in [-0.2, 0) is 4.74 Å². The number of hydrogen-bond acceptors (Lipinski definition) is 4. The van der Waals surface area contributed by atoms with Crippen molar-refractivity contribution >= 4 is 11.6 Å². The number of rotatable bonds is 2. The first-order chi connectivity index (χ1) is 7.94. The van der Waals surface area contributed by atoms with E-state index in [1.165, 1.54) is 0 Å². The second-order valence-electron chi connectivity index (χ2n) is 3.78. The first-order valence-corrected chi connectivity index (χ1v) is 5.27. The fraction of sp³-hybridized carbons (Fsp3) is 0.556. The molecule has 0 amide bonds. The van der Waals surface area contributed by atoms with Gasteiger partial charge in [-0.2, -0.15) is 0 Å². The van der Waals surface area contributed by atoms with Gasteiger partial charge in [-0.25, -0.2) is 9.18 Å². The number of aromatic nitrogens is 2. The van der Waals surface area contributed by atoms with Crippen molar-refractivity contribution in [3.63, 3.8) is 0 Å². The average Bonchev–Trinajstić information content (AvgIpc) is 2.54. The molecule has 94 valence electrons. The molecule has 1 aliphatic rings. The number of aliphatic hydroxyl groups is 1. The van der Waals surface area contributed by atoms with Crippen LogP contribution in [0.25, 0.3) is 0 Å². The zero-order valence-electron chi connectivity index (χ0n) is 8.60. The summed E-state index contributed by atoms with van der Waals surface area (Å²) in [5.74, 6) is 0. The molecule has 3 unspecified atom stereocenters. The summed E-state index contributed by atoms with van der Waals surface area (Å²) in [6.45, 7) is -0.396.